The largest absolute Gasteiger partial charge is 0.459 e. The van der Waals surface area contributed by atoms with Crippen molar-refractivity contribution in [3.8, 4) is 0 Å². The monoisotopic (exact) mass is 368 g/mol. The van der Waals surface area contributed by atoms with Crippen LogP contribution in [0.3, 0.4) is 0 Å². The highest BCUT2D eigenvalue weighted by Crippen LogP contribution is 2.07. The second-order valence-electron chi connectivity index (χ2n) is 6.12. The minimum atomic E-state index is -0.307. The first kappa shape index (κ1) is 18.4. The maximum Gasteiger partial charge on any atom is 0.286 e. The Balaban J connectivity index is 1.49. The Bertz CT molecular complexity index is 994. The molecule has 0 aliphatic heterocycles. The third-order valence-corrected chi connectivity index (χ3v) is 4.07. The molecule has 8 heteroatoms. The number of hydrogen-bond donors (Lipinski definition) is 2. The van der Waals surface area contributed by atoms with Crippen molar-refractivity contribution in [1.82, 2.24) is 20.2 Å². The van der Waals surface area contributed by atoms with E-state index in [0.29, 0.717) is 29.7 Å². The lowest BCUT2D eigenvalue weighted by molar-refractivity contribution is -0.130. The summed E-state index contributed by atoms with van der Waals surface area (Å²) in [6, 6.07) is 10.3. The van der Waals surface area contributed by atoms with Crippen molar-refractivity contribution in [2.45, 2.75) is 19.4 Å². The Kier molecular flexibility index (Phi) is 5.65. The van der Waals surface area contributed by atoms with Crippen molar-refractivity contribution in [3.63, 3.8) is 0 Å². The van der Waals surface area contributed by atoms with Crippen molar-refractivity contribution in [2.24, 2.45) is 0 Å². The molecule has 3 aromatic rings. The molecule has 0 unspecified atom stereocenters. The van der Waals surface area contributed by atoms with Gasteiger partial charge in [0.15, 0.2) is 5.76 Å². The summed E-state index contributed by atoms with van der Waals surface area (Å²) in [5.74, 6) is 0.266. The number of aromatic amines is 1. The van der Waals surface area contributed by atoms with Gasteiger partial charge in [0.1, 0.15) is 5.82 Å². The van der Waals surface area contributed by atoms with Gasteiger partial charge in [-0.15, -0.1) is 0 Å². The van der Waals surface area contributed by atoms with E-state index in [-0.39, 0.29) is 36.1 Å². The summed E-state index contributed by atoms with van der Waals surface area (Å²) < 4.78 is 5.00. The van der Waals surface area contributed by atoms with Gasteiger partial charge in [-0.2, -0.15) is 0 Å². The lowest BCUT2D eigenvalue weighted by atomic mass is 10.2. The standard InChI is InChI=1S/C19H20N4O4/c1-23(12-16-21-14-7-3-2-6-13(14)18(25)22-16)17(24)9-4-10-20-19(26)15-8-5-11-27-15/h2-3,5-8,11H,4,9-10,12H2,1H3,(H,20,26)(H,21,22,25). The highest BCUT2D eigenvalue weighted by molar-refractivity contribution is 5.91. The van der Waals surface area contributed by atoms with Gasteiger partial charge in [-0.05, 0) is 30.7 Å². The van der Waals surface area contributed by atoms with Gasteiger partial charge < -0.3 is 19.6 Å². The molecule has 0 atom stereocenters. The number of benzene rings is 1. The van der Waals surface area contributed by atoms with Gasteiger partial charge >= 0.3 is 0 Å². The Morgan fingerprint density at radius 2 is 2.04 bits per heavy atom. The van der Waals surface area contributed by atoms with Gasteiger partial charge in [-0.1, -0.05) is 12.1 Å². The molecule has 2 N–H and O–H groups in total. The van der Waals surface area contributed by atoms with E-state index in [4.69, 9.17) is 4.42 Å². The normalized spacial score (nSPS) is 10.7. The number of carbonyl (C=O) groups excluding carboxylic acids is 2. The molecule has 0 aliphatic rings. The summed E-state index contributed by atoms with van der Waals surface area (Å²) in [5, 5.41) is 3.21. The van der Waals surface area contributed by atoms with Crippen LogP contribution >= 0.6 is 0 Å². The molecular formula is C19H20N4O4. The molecule has 0 saturated carbocycles. The second kappa shape index (κ2) is 8.31. The number of nitrogens with one attached hydrogen (secondary N) is 2. The van der Waals surface area contributed by atoms with Crippen LogP contribution in [0.4, 0.5) is 0 Å². The molecule has 0 spiro atoms. The zero-order chi connectivity index (χ0) is 19.2. The van der Waals surface area contributed by atoms with E-state index in [2.05, 4.69) is 15.3 Å². The molecule has 2 aromatic heterocycles. The summed E-state index contributed by atoms with van der Waals surface area (Å²) in [4.78, 5) is 44.6. The fourth-order valence-corrected chi connectivity index (χ4v) is 2.65. The van der Waals surface area contributed by atoms with Crippen LogP contribution in [0.1, 0.15) is 29.2 Å². The molecule has 27 heavy (non-hydrogen) atoms. The third-order valence-electron chi connectivity index (χ3n) is 4.07. The minimum absolute atomic E-state index is 0.0990. The Morgan fingerprint density at radius 1 is 1.22 bits per heavy atom. The van der Waals surface area contributed by atoms with Gasteiger partial charge in [0, 0.05) is 20.0 Å². The third kappa shape index (κ3) is 4.60. The SMILES string of the molecule is CN(Cc1nc2ccccc2c(=O)[nH]1)C(=O)CCCNC(=O)c1ccco1. The lowest BCUT2D eigenvalue weighted by Gasteiger charge is -2.16. The van der Waals surface area contributed by atoms with Crippen LogP contribution < -0.4 is 10.9 Å². The van der Waals surface area contributed by atoms with Gasteiger partial charge in [0.25, 0.3) is 11.5 Å². The first-order chi connectivity index (χ1) is 13.0. The average molecular weight is 368 g/mol. The first-order valence-electron chi connectivity index (χ1n) is 8.58. The molecule has 3 rings (SSSR count). The number of amides is 2. The average Bonchev–Trinajstić information content (AvgIpc) is 3.19. The minimum Gasteiger partial charge on any atom is -0.459 e. The Hall–Kier alpha value is -3.42. The number of fused-ring (bicyclic) bond motifs is 1. The van der Waals surface area contributed by atoms with Crippen LogP contribution in [0.15, 0.2) is 51.9 Å². The topological polar surface area (TPSA) is 108 Å². The molecule has 2 amide bonds. The maximum absolute atomic E-state index is 12.2. The highest BCUT2D eigenvalue weighted by Gasteiger charge is 2.12. The van der Waals surface area contributed by atoms with Gasteiger partial charge in [-0.25, -0.2) is 4.98 Å². The zero-order valence-corrected chi connectivity index (χ0v) is 14.9. The number of H-pyrrole nitrogens is 1. The molecule has 0 aliphatic carbocycles. The number of furan rings is 1. The Morgan fingerprint density at radius 3 is 2.81 bits per heavy atom. The van der Waals surface area contributed by atoms with Crippen LogP contribution in [-0.4, -0.2) is 40.3 Å². The molecule has 0 saturated heterocycles. The summed E-state index contributed by atoms with van der Waals surface area (Å²) >= 11 is 0. The van der Waals surface area contributed by atoms with E-state index < -0.39 is 0 Å². The van der Waals surface area contributed by atoms with Crippen LogP contribution in [0.2, 0.25) is 0 Å². The quantitative estimate of drug-likeness (QED) is 0.617. The van der Waals surface area contributed by atoms with E-state index in [1.165, 1.54) is 11.2 Å². The summed E-state index contributed by atoms with van der Waals surface area (Å²) in [5.41, 5.74) is 0.370. The highest BCUT2D eigenvalue weighted by atomic mass is 16.3. The molecule has 0 fully saturated rings. The predicted molar refractivity (Wildman–Crippen MR) is 99.1 cm³/mol. The van der Waals surface area contributed by atoms with Gasteiger partial charge in [0.05, 0.1) is 23.7 Å². The number of hydrogen-bond acceptors (Lipinski definition) is 5. The summed E-state index contributed by atoms with van der Waals surface area (Å²) in [6.07, 6.45) is 2.20. The molecular weight excluding hydrogens is 348 g/mol. The number of rotatable bonds is 7. The first-order valence-corrected chi connectivity index (χ1v) is 8.58. The molecule has 0 bridgehead atoms. The molecule has 140 valence electrons. The fourth-order valence-electron chi connectivity index (χ4n) is 2.65. The van der Waals surface area contributed by atoms with Crippen molar-refractivity contribution in [1.29, 1.82) is 0 Å². The molecule has 0 radical (unpaired) electrons. The molecule has 8 nitrogen and oxygen atoms in total. The van der Waals surface area contributed by atoms with E-state index in [9.17, 15) is 14.4 Å². The number of carbonyl (C=O) groups is 2. The van der Waals surface area contributed by atoms with E-state index >= 15 is 0 Å². The van der Waals surface area contributed by atoms with Crippen LogP contribution in [-0.2, 0) is 11.3 Å². The van der Waals surface area contributed by atoms with Crippen molar-refractivity contribution < 1.29 is 14.0 Å². The number of aromatic nitrogens is 2. The van der Waals surface area contributed by atoms with Gasteiger partial charge in [0.2, 0.25) is 5.91 Å². The van der Waals surface area contributed by atoms with E-state index in [0.717, 1.165) is 0 Å². The van der Waals surface area contributed by atoms with Gasteiger partial charge in [-0.3, -0.25) is 14.4 Å². The summed E-state index contributed by atoms with van der Waals surface area (Å²) in [7, 11) is 1.65. The molecule has 2 heterocycles. The number of nitrogens with zero attached hydrogens (tertiary/aromatic N) is 2. The molecule has 1 aromatic carbocycles. The lowest BCUT2D eigenvalue weighted by Crippen LogP contribution is -2.30. The number of para-hydroxylation sites is 1. The zero-order valence-electron chi connectivity index (χ0n) is 14.9. The summed E-state index contributed by atoms with van der Waals surface area (Å²) in [6.45, 7) is 0.571. The predicted octanol–water partition coefficient (Wildman–Crippen LogP) is 1.68. The van der Waals surface area contributed by atoms with Crippen LogP contribution in [0.5, 0.6) is 0 Å². The van der Waals surface area contributed by atoms with Crippen molar-refractivity contribution >= 4 is 22.7 Å². The fraction of sp³-hybridized carbons (Fsp3) is 0.263. The van der Waals surface area contributed by atoms with Crippen LogP contribution in [0, 0.1) is 0 Å². The second-order valence-corrected chi connectivity index (χ2v) is 6.12. The smallest absolute Gasteiger partial charge is 0.286 e. The van der Waals surface area contributed by atoms with Crippen molar-refractivity contribution in [3.05, 3.63) is 64.6 Å². The maximum atomic E-state index is 12.2. The van der Waals surface area contributed by atoms with E-state index in [1.54, 1.807) is 37.4 Å². The van der Waals surface area contributed by atoms with E-state index in [1.807, 2.05) is 6.07 Å². The Labute approximate surface area is 155 Å². The van der Waals surface area contributed by atoms with Crippen molar-refractivity contribution in [2.75, 3.05) is 13.6 Å². The van der Waals surface area contributed by atoms with Crippen LogP contribution in [0.25, 0.3) is 10.9 Å².